The topological polar surface area (TPSA) is 89.8 Å². The van der Waals surface area contributed by atoms with E-state index in [4.69, 9.17) is 4.74 Å². The number of sulfone groups is 1. The van der Waals surface area contributed by atoms with Crippen LogP contribution in [0, 0.1) is 6.92 Å². The van der Waals surface area contributed by atoms with E-state index in [-0.39, 0.29) is 17.2 Å². The lowest BCUT2D eigenvalue weighted by Gasteiger charge is -2.12. The number of nitrogens with zero attached hydrogens (tertiary/aromatic N) is 2. The Labute approximate surface area is 199 Å². The van der Waals surface area contributed by atoms with E-state index in [0.29, 0.717) is 17.0 Å². The quantitative estimate of drug-likeness (QED) is 0.417. The van der Waals surface area contributed by atoms with Crippen molar-refractivity contribution in [1.29, 1.82) is 0 Å². The molecule has 0 aliphatic heterocycles. The Bertz CT molecular complexity index is 1460. The molecule has 0 aliphatic carbocycles. The van der Waals surface area contributed by atoms with Crippen LogP contribution in [0.4, 0.5) is 5.69 Å². The number of amides is 1. The maximum absolute atomic E-state index is 12.8. The van der Waals surface area contributed by atoms with Crippen LogP contribution in [0.2, 0.25) is 0 Å². The van der Waals surface area contributed by atoms with Crippen LogP contribution in [0.25, 0.3) is 16.9 Å². The average molecular weight is 478 g/mol. The zero-order valence-corrected chi connectivity index (χ0v) is 20.4. The van der Waals surface area contributed by atoms with Crippen molar-refractivity contribution in [3.8, 4) is 17.0 Å². The second kappa shape index (κ2) is 9.30. The molecule has 1 amide bonds. The van der Waals surface area contributed by atoms with Crippen LogP contribution in [0.3, 0.4) is 0 Å². The summed E-state index contributed by atoms with van der Waals surface area (Å²) in [5.74, 6) is 0.302. The maximum Gasteiger partial charge on any atom is 0.228 e. The first kappa shape index (κ1) is 23.5. The van der Waals surface area contributed by atoms with Gasteiger partial charge in [-0.1, -0.05) is 12.1 Å². The highest BCUT2D eigenvalue weighted by Crippen LogP contribution is 2.31. The molecule has 0 fully saturated rings. The normalized spacial score (nSPS) is 11.7. The highest BCUT2D eigenvalue weighted by molar-refractivity contribution is 7.92. The van der Waals surface area contributed by atoms with E-state index in [1.54, 1.807) is 51.3 Å². The van der Waals surface area contributed by atoms with Crippen molar-refractivity contribution < 1.29 is 17.9 Å². The highest BCUT2D eigenvalue weighted by atomic mass is 32.2. The van der Waals surface area contributed by atoms with Gasteiger partial charge in [-0.25, -0.2) is 13.4 Å². The van der Waals surface area contributed by atoms with Crippen molar-refractivity contribution in [2.45, 2.75) is 37.3 Å². The van der Waals surface area contributed by atoms with Gasteiger partial charge in [0.1, 0.15) is 11.4 Å². The van der Waals surface area contributed by atoms with E-state index in [2.05, 4.69) is 10.3 Å². The van der Waals surface area contributed by atoms with Crippen molar-refractivity contribution in [2.75, 3.05) is 12.4 Å². The Morgan fingerprint density at radius 3 is 2.50 bits per heavy atom. The van der Waals surface area contributed by atoms with Crippen molar-refractivity contribution in [1.82, 2.24) is 9.38 Å². The Hall–Kier alpha value is -3.65. The van der Waals surface area contributed by atoms with Crippen molar-refractivity contribution in [3.63, 3.8) is 0 Å². The number of hydrogen-bond donors (Lipinski definition) is 1. The largest absolute Gasteiger partial charge is 0.495 e. The van der Waals surface area contributed by atoms with Gasteiger partial charge in [-0.3, -0.25) is 4.79 Å². The molecule has 0 bridgehead atoms. The molecular formula is C26H27N3O4S. The zero-order chi connectivity index (χ0) is 24.5. The maximum atomic E-state index is 12.8. The number of hydrogen-bond acceptors (Lipinski definition) is 5. The molecule has 34 heavy (non-hydrogen) atoms. The van der Waals surface area contributed by atoms with Gasteiger partial charge in [0.15, 0.2) is 9.84 Å². The van der Waals surface area contributed by atoms with Gasteiger partial charge >= 0.3 is 0 Å². The van der Waals surface area contributed by atoms with Gasteiger partial charge in [-0.15, -0.1) is 0 Å². The molecule has 2 aromatic carbocycles. The lowest BCUT2D eigenvalue weighted by Crippen LogP contribution is -2.16. The minimum atomic E-state index is -3.35. The van der Waals surface area contributed by atoms with Crippen LogP contribution in [-0.2, 0) is 21.1 Å². The number of ether oxygens (including phenoxy) is 1. The lowest BCUT2D eigenvalue weighted by molar-refractivity contribution is -0.115. The summed E-state index contributed by atoms with van der Waals surface area (Å²) >= 11 is 0. The van der Waals surface area contributed by atoms with Gasteiger partial charge in [0.2, 0.25) is 5.91 Å². The SMILES string of the molecule is COc1ccc(-c2cn3ccc(C)cc3n2)cc1NC(=O)Cc1ccc(S(=O)(=O)C(C)C)cc1. The molecule has 0 radical (unpaired) electrons. The third-order valence-electron chi connectivity index (χ3n) is 5.62. The molecular weight excluding hydrogens is 450 g/mol. The highest BCUT2D eigenvalue weighted by Gasteiger charge is 2.19. The van der Waals surface area contributed by atoms with E-state index in [1.165, 1.54) is 0 Å². The number of carbonyl (C=O) groups excluding carboxylic acids is 1. The summed E-state index contributed by atoms with van der Waals surface area (Å²) in [5.41, 5.74) is 4.86. The summed E-state index contributed by atoms with van der Waals surface area (Å²) in [6.45, 7) is 5.31. The summed E-state index contributed by atoms with van der Waals surface area (Å²) in [7, 11) is -1.80. The molecule has 4 rings (SSSR count). The third-order valence-corrected chi connectivity index (χ3v) is 7.79. The van der Waals surface area contributed by atoms with E-state index in [1.807, 2.05) is 48.0 Å². The number of rotatable bonds is 7. The van der Waals surface area contributed by atoms with Crippen LogP contribution in [0.5, 0.6) is 5.75 Å². The van der Waals surface area contributed by atoms with E-state index < -0.39 is 15.1 Å². The molecule has 8 heteroatoms. The number of aryl methyl sites for hydroxylation is 1. The molecule has 0 saturated heterocycles. The monoisotopic (exact) mass is 477 g/mol. The van der Waals surface area contributed by atoms with Crippen molar-refractivity contribution >= 4 is 27.1 Å². The number of fused-ring (bicyclic) bond motifs is 1. The molecule has 176 valence electrons. The zero-order valence-electron chi connectivity index (χ0n) is 19.6. The number of imidazole rings is 1. The van der Waals surface area contributed by atoms with Crippen LogP contribution in [0.15, 0.2) is 71.9 Å². The third kappa shape index (κ3) is 4.82. The fourth-order valence-electron chi connectivity index (χ4n) is 3.64. The van der Waals surface area contributed by atoms with E-state index in [9.17, 15) is 13.2 Å². The van der Waals surface area contributed by atoms with Crippen molar-refractivity contribution in [2.24, 2.45) is 0 Å². The van der Waals surface area contributed by atoms with Crippen LogP contribution in [-0.4, -0.2) is 36.1 Å². The van der Waals surface area contributed by atoms with Gasteiger partial charge in [-0.05, 0) is 74.4 Å². The predicted molar refractivity (Wildman–Crippen MR) is 133 cm³/mol. The molecule has 2 heterocycles. The number of carbonyl (C=O) groups is 1. The molecule has 1 N–H and O–H groups in total. The molecule has 2 aromatic heterocycles. The second-order valence-corrected chi connectivity index (χ2v) is 11.0. The van der Waals surface area contributed by atoms with Gasteiger partial charge in [0, 0.05) is 18.0 Å². The first-order valence-corrected chi connectivity index (χ1v) is 12.5. The summed E-state index contributed by atoms with van der Waals surface area (Å²) in [6, 6.07) is 16.0. The molecule has 0 saturated carbocycles. The number of anilines is 1. The van der Waals surface area contributed by atoms with E-state index in [0.717, 1.165) is 22.5 Å². The number of methoxy groups -OCH3 is 1. The summed E-state index contributed by atoms with van der Waals surface area (Å²) < 4.78 is 32.0. The fraction of sp³-hybridized carbons (Fsp3) is 0.231. The second-order valence-electron chi connectivity index (χ2n) is 8.47. The number of benzene rings is 2. The average Bonchev–Trinajstić information content (AvgIpc) is 3.22. The van der Waals surface area contributed by atoms with Crippen LogP contribution >= 0.6 is 0 Å². The van der Waals surface area contributed by atoms with Gasteiger partial charge < -0.3 is 14.5 Å². The summed E-state index contributed by atoms with van der Waals surface area (Å²) in [4.78, 5) is 17.7. The Balaban J connectivity index is 1.54. The van der Waals surface area contributed by atoms with Crippen molar-refractivity contribution in [3.05, 3.63) is 78.1 Å². The molecule has 4 aromatic rings. The molecule has 0 aliphatic rings. The molecule has 0 spiro atoms. The minimum Gasteiger partial charge on any atom is -0.495 e. The summed E-state index contributed by atoms with van der Waals surface area (Å²) in [6.07, 6.45) is 4.00. The lowest BCUT2D eigenvalue weighted by atomic mass is 10.1. The Kier molecular flexibility index (Phi) is 6.43. The van der Waals surface area contributed by atoms with Crippen LogP contribution < -0.4 is 10.1 Å². The van der Waals surface area contributed by atoms with Gasteiger partial charge in [0.25, 0.3) is 0 Å². The standard InChI is InChI=1S/C26H27N3O4S/c1-17(2)34(31,32)21-8-5-19(6-9-21)14-26(30)28-22-15-20(7-10-24(22)33-4)23-16-29-12-11-18(3)13-25(29)27-23/h5-13,15-17H,14H2,1-4H3,(H,28,30). The Morgan fingerprint density at radius 1 is 1.09 bits per heavy atom. The molecule has 0 atom stereocenters. The molecule has 0 unspecified atom stereocenters. The number of pyridine rings is 1. The first-order chi connectivity index (χ1) is 16.2. The van der Waals surface area contributed by atoms with Crippen LogP contribution in [0.1, 0.15) is 25.0 Å². The fourth-order valence-corrected chi connectivity index (χ4v) is 4.70. The minimum absolute atomic E-state index is 0.100. The number of aromatic nitrogens is 2. The first-order valence-electron chi connectivity index (χ1n) is 10.9. The number of nitrogens with one attached hydrogen (secondary N) is 1. The predicted octanol–water partition coefficient (Wildman–Crippen LogP) is 4.68. The smallest absolute Gasteiger partial charge is 0.228 e. The van der Waals surface area contributed by atoms with E-state index >= 15 is 0 Å². The van der Waals surface area contributed by atoms with Gasteiger partial charge in [0.05, 0.1) is 35.1 Å². The Morgan fingerprint density at radius 2 is 1.82 bits per heavy atom. The molecule has 7 nitrogen and oxygen atoms in total. The van der Waals surface area contributed by atoms with Gasteiger partial charge in [-0.2, -0.15) is 0 Å². The summed E-state index contributed by atoms with van der Waals surface area (Å²) in [5, 5.41) is 2.41.